The molecule has 3 rings (SSSR count). The highest BCUT2D eigenvalue weighted by Gasteiger charge is 2.04. The normalized spacial score (nSPS) is 10.9. The number of benzene rings is 2. The van der Waals surface area contributed by atoms with Crippen molar-refractivity contribution in [2.45, 2.75) is 10.1 Å². The minimum atomic E-state index is 0.731. The number of imidazole rings is 1. The van der Waals surface area contributed by atoms with Gasteiger partial charge in [-0.05, 0) is 42.5 Å². The molecule has 0 aliphatic carbocycles. The van der Waals surface area contributed by atoms with Gasteiger partial charge in [0.15, 0.2) is 5.16 Å². The molecule has 2 aromatic carbocycles. The van der Waals surface area contributed by atoms with Crippen LogP contribution in [-0.4, -0.2) is 9.97 Å². The van der Waals surface area contributed by atoms with Crippen molar-refractivity contribution in [1.29, 1.82) is 0 Å². The van der Waals surface area contributed by atoms with Gasteiger partial charge in [0.2, 0.25) is 0 Å². The van der Waals surface area contributed by atoms with E-state index in [0.717, 1.165) is 31.8 Å². The number of aromatic nitrogens is 2. The highest BCUT2D eigenvalue weighted by atomic mass is 35.5. The van der Waals surface area contributed by atoms with Gasteiger partial charge in [-0.25, -0.2) is 4.98 Å². The zero-order chi connectivity index (χ0) is 12.5. The van der Waals surface area contributed by atoms with Crippen LogP contribution >= 0.6 is 23.4 Å². The summed E-state index contributed by atoms with van der Waals surface area (Å²) in [5.41, 5.74) is 8.33. The van der Waals surface area contributed by atoms with Crippen LogP contribution in [0.3, 0.4) is 0 Å². The number of halogens is 1. The van der Waals surface area contributed by atoms with Gasteiger partial charge < -0.3 is 10.7 Å². The number of hydrogen-bond donors (Lipinski definition) is 2. The third kappa shape index (κ3) is 2.30. The minimum Gasteiger partial charge on any atom is -0.399 e. The molecule has 18 heavy (non-hydrogen) atoms. The molecule has 1 aromatic heterocycles. The number of hydrogen-bond acceptors (Lipinski definition) is 3. The number of aromatic amines is 1. The Kier molecular flexibility index (Phi) is 2.89. The lowest BCUT2D eigenvalue weighted by Crippen LogP contribution is -1.82. The van der Waals surface area contributed by atoms with Gasteiger partial charge in [-0.2, -0.15) is 0 Å². The van der Waals surface area contributed by atoms with E-state index >= 15 is 0 Å². The van der Waals surface area contributed by atoms with Crippen molar-refractivity contribution >= 4 is 40.1 Å². The maximum absolute atomic E-state index is 5.85. The molecule has 0 aliphatic heterocycles. The Balaban J connectivity index is 1.92. The van der Waals surface area contributed by atoms with Crippen molar-refractivity contribution in [1.82, 2.24) is 9.97 Å². The molecule has 0 atom stereocenters. The maximum atomic E-state index is 5.85. The Labute approximate surface area is 113 Å². The van der Waals surface area contributed by atoms with Crippen molar-refractivity contribution < 1.29 is 0 Å². The van der Waals surface area contributed by atoms with E-state index in [1.165, 1.54) is 0 Å². The minimum absolute atomic E-state index is 0.731. The largest absolute Gasteiger partial charge is 0.399 e. The third-order valence-corrected chi connectivity index (χ3v) is 3.66. The van der Waals surface area contributed by atoms with E-state index in [4.69, 9.17) is 17.3 Å². The van der Waals surface area contributed by atoms with Gasteiger partial charge in [0.05, 0.1) is 11.0 Å². The van der Waals surface area contributed by atoms with Gasteiger partial charge in [-0.15, -0.1) is 0 Å². The molecule has 0 saturated carbocycles. The van der Waals surface area contributed by atoms with Crippen LogP contribution in [0, 0.1) is 0 Å². The van der Waals surface area contributed by atoms with Crippen LogP contribution in [0.5, 0.6) is 0 Å². The fraction of sp³-hybridized carbons (Fsp3) is 0. The standard InChI is InChI=1S/C13H10ClN3S/c14-8-1-4-10(5-2-8)18-13-16-11-6-3-9(15)7-12(11)17-13/h1-7H,15H2,(H,16,17). The molecule has 0 amide bonds. The first-order valence-corrected chi connectivity index (χ1v) is 6.59. The molecule has 0 fully saturated rings. The number of H-pyrrole nitrogens is 1. The second-order valence-electron chi connectivity index (χ2n) is 3.87. The molecule has 0 aliphatic rings. The Morgan fingerprint density at radius 1 is 1.11 bits per heavy atom. The summed E-state index contributed by atoms with van der Waals surface area (Å²) in [6, 6.07) is 13.3. The van der Waals surface area contributed by atoms with Crippen LogP contribution in [0.2, 0.25) is 5.02 Å². The van der Waals surface area contributed by atoms with Crippen LogP contribution in [0.15, 0.2) is 52.5 Å². The highest BCUT2D eigenvalue weighted by Crippen LogP contribution is 2.28. The summed E-state index contributed by atoms with van der Waals surface area (Å²) in [7, 11) is 0. The molecule has 0 spiro atoms. The number of nitrogens with zero attached hydrogens (tertiary/aromatic N) is 1. The van der Waals surface area contributed by atoms with E-state index < -0.39 is 0 Å². The predicted molar refractivity (Wildman–Crippen MR) is 76.1 cm³/mol. The molecular formula is C13H10ClN3S. The molecule has 0 bridgehead atoms. The number of anilines is 1. The quantitative estimate of drug-likeness (QED) is 0.696. The fourth-order valence-corrected chi connectivity index (χ4v) is 2.59. The summed E-state index contributed by atoms with van der Waals surface area (Å²) < 4.78 is 0. The number of fused-ring (bicyclic) bond motifs is 1. The molecule has 0 saturated heterocycles. The predicted octanol–water partition coefficient (Wildman–Crippen LogP) is 3.95. The van der Waals surface area contributed by atoms with E-state index in [-0.39, 0.29) is 0 Å². The van der Waals surface area contributed by atoms with Gasteiger partial charge >= 0.3 is 0 Å². The molecule has 90 valence electrons. The molecular weight excluding hydrogens is 266 g/mol. The van der Waals surface area contributed by atoms with E-state index in [0.29, 0.717) is 0 Å². The Morgan fingerprint density at radius 2 is 1.89 bits per heavy atom. The van der Waals surface area contributed by atoms with Crippen molar-refractivity contribution in [3.63, 3.8) is 0 Å². The van der Waals surface area contributed by atoms with E-state index in [1.807, 2.05) is 42.5 Å². The lowest BCUT2D eigenvalue weighted by atomic mass is 10.3. The Bertz CT molecular complexity index is 691. The van der Waals surface area contributed by atoms with Crippen LogP contribution in [0.25, 0.3) is 11.0 Å². The van der Waals surface area contributed by atoms with Crippen LogP contribution in [0.4, 0.5) is 5.69 Å². The number of nitrogen functional groups attached to an aromatic ring is 1. The molecule has 3 N–H and O–H groups in total. The van der Waals surface area contributed by atoms with Gasteiger partial charge in [0.25, 0.3) is 0 Å². The van der Waals surface area contributed by atoms with E-state index in [1.54, 1.807) is 11.8 Å². The summed E-state index contributed by atoms with van der Waals surface area (Å²) >= 11 is 7.41. The van der Waals surface area contributed by atoms with Gasteiger partial charge in [-0.3, -0.25) is 0 Å². The van der Waals surface area contributed by atoms with E-state index in [9.17, 15) is 0 Å². The Morgan fingerprint density at radius 3 is 2.67 bits per heavy atom. The number of rotatable bonds is 2. The van der Waals surface area contributed by atoms with Crippen molar-refractivity contribution in [3.8, 4) is 0 Å². The zero-order valence-corrected chi connectivity index (χ0v) is 10.9. The second kappa shape index (κ2) is 4.55. The highest BCUT2D eigenvalue weighted by molar-refractivity contribution is 7.99. The summed E-state index contributed by atoms with van der Waals surface area (Å²) in [5, 5.41) is 1.58. The average molecular weight is 276 g/mol. The van der Waals surface area contributed by atoms with E-state index in [2.05, 4.69) is 9.97 Å². The topological polar surface area (TPSA) is 54.7 Å². The number of nitrogens with one attached hydrogen (secondary N) is 1. The summed E-state index contributed by atoms with van der Waals surface area (Å²) in [4.78, 5) is 8.82. The Hall–Kier alpha value is -1.65. The van der Waals surface area contributed by atoms with Crippen LogP contribution in [0.1, 0.15) is 0 Å². The second-order valence-corrected chi connectivity index (χ2v) is 5.37. The lowest BCUT2D eigenvalue weighted by Gasteiger charge is -1.97. The number of nitrogens with two attached hydrogens (primary N) is 1. The average Bonchev–Trinajstić information content (AvgIpc) is 2.73. The van der Waals surface area contributed by atoms with Crippen LogP contribution < -0.4 is 5.73 Å². The third-order valence-electron chi connectivity index (χ3n) is 2.51. The molecule has 1 heterocycles. The smallest absolute Gasteiger partial charge is 0.171 e. The fourth-order valence-electron chi connectivity index (χ4n) is 1.67. The monoisotopic (exact) mass is 275 g/mol. The van der Waals surface area contributed by atoms with Crippen molar-refractivity contribution in [3.05, 3.63) is 47.5 Å². The first kappa shape index (κ1) is 11.4. The molecule has 5 heteroatoms. The first-order valence-electron chi connectivity index (χ1n) is 5.39. The van der Waals surface area contributed by atoms with Crippen LogP contribution in [-0.2, 0) is 0 Å². The van der Waals surface area contributed by atoms with Crippen molar-refractivity contribution in [2.75, 3.05) is 5.73 Å². The summed E-state index contributed by atoms with van der Waals surface area (Å²) in [6.45, 7) is 0. The van der Waals surface area contributed by atoms with Gasteiger partial charge in [0, 0.05) is 15.6 Å². The zero-order valence-electron chi connectivity index (χ0n) is 9.35. The lowest BCUT2D eigenvalue weighted by molar-refractivity contribution is 1.08. The van der Waals surface area contributed by atoms with Gasteiger partial charge in [-0.1, -0.05) is 23.4 Å². The van der Waals surface area contributed by atoms with Gasteiger partial charge in [0.1, 0.15) is 0 Å². The SMILES string of the molecule is Nc1ccc2nc(Sc3ccc(Cl)cc3)[nH]c2c1. The maximum Gasteiger partial charge on any atom is 0.171 e. The first-order chi connectivity index (χ1) is 8.70. The molecule has 0 radical (unpaired) electrons. The van der Waals surface area contributed by atoms with Crippen molar-refractivity contribution in [2.24, 2.45) is 0 Å². The molecule has 3 nitrogen and oxygen atoms in total. The summed E-state index contributed by atoms with van der Waals surface area (Å²) in [5.74, 6) is 0. The molecule has 3 aromatic rings. The molecule has 0 unspecified atom stereocenters. The summed E-state index contributed by atoms with van der Waals surface area (Å²) in [6.07, 6.45) is 0.